The zero-order valence-electron chi connectivity index (χ0n) is 17.5. The second-order valence-corrected chi connectivity index (χ2v) is 7.73. The summed E-state index contributed by atoms with van der Waals surface area (Å²) in [6.07, 6.45) is 0. The molecule has 164 valence electrons. The minimum absolute atomic E-state index is 0. The number of morpholine rings is 1. The molecule has 1 aliphatic heterocycles. The summed E-state index contributed by atoms with van der Waals surface area (Å²) in [6.45, 7) is 12.4. The first kappa shape index (κ1) is 25.9. The van der Waals surface area contributed by atoms with Crippen LogP contribution in [0, 0.1) is 0 Å². The van der Waals surface area contributed by atoms with Crippen LogP contribution in [0.25, 0.3) is 0 Å². The van der Waals surface area contributed by atoms with Crippen LogP contribution in [0.15, 0.2) is 29.3 Å². The lowest BCUT2D eigenvalue weighted by molar-refractivity contribution is -0.00683. The van der Waals surface area contributed by atoms with Crippen molar-refractivity contribution in [2.24, 2.45) is 4.99 Å². The number of ether oxygens (including phenoxy) is 1. The second kappa shape index (κ2) is 13.3. The zero-order chi connectivity index (χ0) is 20.4. The number of nitrogens with zero attached hydrogens (tertiary/aromatic N) is 2. The third kappa shape index (κ3) is 9.06. The molecule has 0 aliphatic carbocycles. The number of amides is 1. The predicted molar refractivity (Wildman–Crippen MR) is 130 cm³/mol. The average molecular weight is 538 g/mol. The quantitative estimate of drug-likeness (QED) is 0.205. The Labute approximate surface area is 196 Å². The fourth-order valence-corrected chi connectivity index (χ4v) is 3.07. The van der Waals surface area contributed by atoms with E-state index >= 15 is 0 Å². The smallest absolute Gasteiger partial charge is 0.251 e. The van der Waals surface area contributed by atoms with E-state index < -0.39 is 0 Å². The van der Waals surface area contributed by atoms with E-state index in [1.807, 2.05) is 6.92 Å². The summed E-state index contributed by atoms with van der Waals surface area (Å²) in [5.74, 6) is 0.637. The van der Waals surface area contributed by atoms with Crippen molar-refractivity contribution in [3.05, 3.63) is 34.9 Å². The molecule has 0 spiro atoms. The van der Waals surface area contributed by atoms with E-state index in [1.165, 1.54) is 0 Å². The number of aliphatic imine (C=N–C) groups is 1. The van der Waals surface area contributed by atoms with Crippen LogP contribution in [0.2, 0.25) is 5.02 Å². The van der Waals surface area contributed by atoms with Crippen molar-refractivity contribution in [2.45, 2.75) is 26.3 Å². The van der Waals surface area contributed by atoms with Gasteiger partial charge in [0.15, 0.2) is 5.96 Å². The molecule has 0 radical (unpaired) electrons. The molecule has 3 N–H and O–H groups in total. The number of carbonyl (C=O) groups is 1. The summed E-state index contributed by atoms with van der Waals surface area (Å²) in [6, 6.07) is 6.84. The Kier molecular flexibility index (Phi) is 11.9. The first-order chi connectivity index (χ1) is 13.4. The van der Waals surface area contributed by atoms with Crippen LogP contribution in [0.1, 0.15) is 31.1 Å². The Hall–Kier alpha value is -1.10. The average Bonchev–Trinajstić information content (AvgIpc) is 2.70. The molecular formula is C20H33ClIN5O2. The molecule has 0 unspecified atom stereocenters. The third-order valence-electron chi connectivity index (χ3n) is 4.64. The minimum atomic E-state index is -0.117. The zero-order valence-corrected chi connectivity index (χ0v) is 20.5. The molecule has 2 rings (SSSR count). The number of guanidine groups is 1. The van der Waals surface area contributed by atoms with Crippen molar-refractivity contribution in [1.82, 2.24) is 20.9 Å². The molecule has 1 saturated heterocycles. The van der Waals surface area contributed by atoms with Crippen molar-refractivity contribution in [3.63, 3.8) is 0 Å². The molecule has 1 amide bonds. The molecule has 1 aromatic rings. The van der Waals surface area contributed by atoms with Crippen molar-refractivity contribution in [2.75, 3.05) is 52.5 Å². The molecule has 29 heavy (non-hydrogen) atoms. The van der Waals surface area contributed by atoms with Crippen LogP contribution in [-0.4, -0.2) is 74.8 Å². The maximum atomic E-state index is 12.1. The van der Waals surface area contributed by atoms with E-state index in [4.69, 9.17) is 21.3 Å². The number of halogens is 2. The van der Waals surface area contributed by atoms with Gasteiger partial charge in [0, 0.05) is 48.8 Å². The number of nitrogens with one attached hydrogen (secondary N) is 3. The number of hydrogen-bond acceptors (Lipinski definition) is 4. The molecule has 0 saturated carbocycles. The van der Waals surface area contributed by atoms with Gasteiger partial charge in [-0.25, -0.2) is 0 Å². The van der Waals surface area contributed by atoms with Crippen LogP contribution >= 0.6 is 35.6 Å². The Morgan fingerprint density at radius 1 is 1.14 bits per heavy atom. The van der Waals surface area contributed by atoms with Crippen molar-refractivity contribution < 1.29 is 9.53 Å². The molecular weight excluding hydrogens is 505 g/mol. The monoisotopic (exact) mass is 537 g/mol. The normalized spacial score (nSPS) is 15.4. The fraction of sp³-hybridized carbons (Fsp3) is 0.600. The summed E-state index contributed by atoms with van der Waals surface area (Å²) in [5.41, 5.74) is 0.562. The van der Waals surface area contributed by atoms with Gasteiger partial charge in [0.1, 0.15) is 0 Å². The topological polar surface area (TPSA) is 78.0 Å². The van der Waals surface area contributed by atoms with Crippen molar-refractivity contribution >= 4 is 47.4 Å². The van der Waals surface area contributed by atoms with Gasteiger partial charge >= 0.3 is 0 Å². The summed E-state index contributed by atoms with van der Waals surface area (Å²) >= 11 is 5.85. The Bertz CT molecular complexity index is 649. The van der Waals surface area contributed by atoms with Crippen LogP contribution in [0.4, 0.5) is 0 Å². The Balaban J connectivity index is 0.00000420. The number of rotatable bonds is 8. The highest BCUT2D eigenvalue weighted by atomic mass is 127. The van der Waals surface area contributed by atoms with Crippen LogP contribution < -0.4 is 16.0 Å². The molecule has 1 fully saturated rings. The SMILES string of the molecule is CCNC(=NCC(C)(C)N1CCOCC1)NCCNC(=O)c1ccc(Cl)cc1.I. The molecule has 9 heteroatoms. The molecule has 1 aliphatic rings. The largest absolute Gasteiger partial charge is 0.379 e. The summed E-state index contributed by atoms with van der Waals surface area (Å²) < 4.78 is 5.44. The third-order valence-corrected chi connectivity index (χ3v) is 4.90. The highest BCUT2D eigenvalue weighted by molar-refractivity contribution is 14.0. The molecule has 0 atom stereocenters. The Morgan fingerprint density at radius 3 is 2.38 bits per heavy atom. The maximum absolute atomic E-state index is 12.1. The van der Waals surface area contributed by atoms with Crippen LogP contribution in [0.5, 0.6) is 0 Å². The Morgan fingerprint density at radius 2 is 1.76 bits per heavy atom. The van der Waals surface area contributed by atoms with Crippen LogP contribution in [0.3, 0.4) is 0 Å². The lowest BCUT2D eigenvalue weighted by Crippen LogP contribution is -2.52. The van der Waals surface area contributed by atoms with Gasteiger partial charge in [-0.1, -0.05) is 11.6 Å². The molecule has 1 aromatic carbocycles. The molecule has 0 bridgehead atoms. The van der Waals surface area contributed by atoms with Gasteiger partial charge in [0.25, 0.3) is 5.91 Å². The number of carbonyl (C=O) groups excluding carboxylic acids is 1. The van der Waals surface area contributed by atoms with Crippen LogP contribution in [-0.2, 0) is 4.74 Å². The minimum Gasteiger partial charge on any atom is -0.379 e. The standard InChI is InChI=1S/C20H32ClN5O2.HI/c1-4-22-19(25-15-20(2,3)26-11-13-28-14-12-26)24-10-9-23-18(27)16-5-7-17(21)8-6-16;/h5-8H,4,9-15H2,1-3H3,(H,23,27)(H2,22,24,25);1H. The molecule has 1 heterocycles. The van der Waals surface area contributed by atoms with Gasteiger partial charge in [0.05, 0.1) is 19.8 Å². The fourth-order valence-electron chi connectivity index (χ4n) is 2.94. The van der Waals surface area contributed by atoms with Gasteiger partial charge in [-0.2, -0.15) is 0 Å². The molecule has 0 aromatic heterocycles. The lowest BCUT2D eigenvalue weighted by Gasteiger charge is -2.39. The number of hydrogen-bond donors (Lipinski definition) is 3. The summed E-state index contributed by atoms with van der Waals surface area (Å²) in [5, 5.41) is 10.0. The van der Waals surface area contributed by atoms with Gasteiger partial charge in [-0.05, 0) is 45.0 Å². The van der Waals surface area contributed by atoms with Gasteiger partial charge in [-0.3, -0.25) is 14.7 Å². The predicted octanol–water partition coefficient (Wildman–Crippen LogP) is 2.35. The van der Waals surface area contributed by atoms with Gasteiger partial charge in [-0.15, -0.1) is 24.0 Å². The number of benzene rings is 1. The second-order valence-electron chi connectivity index (χ2n) is 7.30. The van der Waals surface area contributed by atoms with E-state index in [0.717, 1.165) is 38.8 Å². The first-order valence-corrected chi connectivity index (χ1v) is 10.2. The lowest BCUT2D eigenvalue weighted by atomic mass is 10.0. The van der Waals surface area contributed by atoms with E-state index in [1.54, 1.807) is 24.3 Å². The highest BCUT2D eigenvalue weighted by Gasteiger charge is 2.28. The van der Waals surface area contributed by atoms with E-state index in [9.17, 15) is 4.79 Å². The van der Waals surface area contributed by atoms with Crippen molar-refractivity contribution in [1.29, 1.82) is 0 Å². The van der Waals surface area contributed by atoms with E-state index in [0.29, 0.717) is 30.2 Å². The maximum Gasteiger partial charge on any atom is 0.251 e. The highest BCUT2D eigenvalue weighted by Crippen LogP contribution is 2.16. The summed E-state index contributed by atoms with van der Waals surface area (Å²) in [4.78, 5) is 19.3. The van der Waals surface area contributed by atoms with Gasteiger partial charge < -0.3 is 20.7 Å². The van der Waals surface area contributed by atoms with Crippen molar-refractivity contribution in [3.8, 4) is 0 Å². The van der Waals surface area contributed by atoms with E-state index in [-0.39, 0.29) is 35.4 Å². The van der Waals surface area contributed by atoms with Gasteiger partial charge in [0.2, 0.25) is 0 Å². The molecule has 7 nitrogen and oxygen atoms in total. The first-order valence-electron chi connectivity index (χ1n) is 9.81. The summed E-state index contributed by atoms with van der Waals surface area (Å²) in [7, 11) is 0. The van der Waals surface area contributed by atoms with E-state index in [2.05, 4.69) is 34.7 Å².